The van der Waals surface area contributed by atoms with Crippen LogP contribution in [0.4, 0.5) is 23.4 Å². The van der Waals surface area contributed by atoms with Crippen LogP contribution in [-0.4, -0.2) is 47.1 Å². The van der Waals surface area contributed by atoms with E-state index in [0.717, 1.165) is 30.2 Å². The molecule has 2 fully saturated rings. The van der Waals surface area contributed by atoms with E-state index in [1.165, 1.54) is 6.08 Å². The maximum Gasteiger partial charge on any atom is 0.419 e. The van der Waals surface area contributed by atoms with E-state index in [9.17, 15) is 23.1 Å². The summed E-state index contributed by atoms with van der Waals surface area (Å²) in [5.74, 6) is -1.48. The van der Waals surface area contributed by atoms with E-state index >= 15 is 4.39 Å². The quantitative estimate of drug-likeness (QED) is 0.422. The third-order valence-corrected chi connectivity index (χ3v) is 8.21. The average molecular weight is 518 g/mol. The van der Waals surface area contributed by atoms with Gasteiger partial charge in [-0.3, -0.25) is 4.79 Å². The minimum Gasteiger partial charge on any atom is -0.508 e. The van der Waals surface area contributed by atoms with Gasteiger partial charge in [-0.15, -0.1) is 0 Å². The maximum atomic E-state index is 15.5. The molecule has 1 aromatic heterocycles. The molecule has 3 heterocycles. The standard InChI is InChI=1S/C28H31F4N3O2/c1-5-22(37)35-14-27(15-35)8-9-34(13-27)25-16(2)23(18-6-7-26(3,4)12-21(18)33-25)19-10-17(36)11-20(24(19)29)28(30,31)32/h5,10-11,36H,1,6-9,12-15H2,2-4H3. The molecule has 2 aromatic rings. The van der Waals surface area contributed by atoms with Crippen LogP contribution in [0.25, 0.3) is 11.1 Å². The van der Waals surface area contributed by atoms with E-state index in [0.29, 0.717) is 62.0 Å². The number of aromatic hydroxyl groups is 1. The Morgan fingerprint density at radius 1 is 1.19 bits per heavy atom. The van der Waals surface area contributed by atoms with E-state index in [-0.39, 0.29) is 22.3 Å². The van der Waals surface area contributed by atoms with Gasteiger partial charge in [-0.2, -0.15) is 13.2 Å². The molecule has 1 aliphatic carbocycles. The van der Waals surface area contributed by atoms with Crippen molar-refractivity contribution in [1.29, 1.82) is 0 Å². The zero-order chi connectivity index (χ0) is 26.9. The van der Waals surface area contributed by atoms with E-state index in [1.54, 1.807) is 11.8 Å². The first-order valence-electron chi connectivity index (χ1n) is 12.5. The molecule has 37 heavy (non-hydrogen) atoms. The Morgan fingerprint density at radius 3 is 2.54 bits per heavy atom. The van der Waals surface area contributed by atoms with Gasteiger partial charge in [0.25, 0.3) is 0 Å². The van der Waals surface area contributed by atoms with Crippen LogP contribution in [0.1, 0.15) is 49.1 Å². The van der Waals surface area contributed by atoms with Crippen molar-refractivity contribution in [3.05, 3.63) is 53.0 Å². The number of nitrogens with zero attached hydrogens (tertiary/aromatic N) is 3. The molecule has 1 spiro atoms. The highest BCUT2D eigenvalue weighted by Crippen LogP contribution is 2.48. The number of carbonyl (C=O) groups excluding carboxylic acids is 1. The Kier molecular flexibility index (Phi) is 5.84. The predicted molar refractivity (Wildman–Crippen MR) is 133 cm³/mol. The summed E-state index contributed by atoms with van der Waals surface area (Å²) in [4.78, 5) is 20.8. The number of aromatic nitrogens is 1. The molecule has 0 radical (unpaired) electrons. The lowest BCUT2D eigenvalue weighted by Gasteiger charge is -2.47. The SMILES string of the molecule is C=CC(=O)N1CC2(CCN(c3nc4c(c(-c5cc(O)cc(C(F)(F)F)c5F)c3C)CCC(C)(C)C4)C2)C1. The van der Waals surface area contributed by atoms with Crippen LogP contribution in [0.5, 0.6) is 5.75 Å². The normalized spacial score (nSPS) is 20.1. The number of anilines is 1. The second-order valence-corrected chi connectivity index (χ2v) is 11.6. The predicted octanol–water partition coefficient (Wildman–Crippen LogP) is 5.66. The van der Waals surface area contributed by atoms with Gasteiger partial charge in [-0.25, -0.2) is 9.37 Å². The van der Waals surface area contributed by atoms with Gasteiger partial charge in [0.1, 0.15) is 17.4 Å². The van der Waals surface area contributed by atoms with Gasteiger partial charge in [-0.1, -0.05) is 20.4 Å². The van der Waals surface area contributed by atoms with E-state index in [2.05, 4.69) is 25.3 Å². The zero-order valence-electron chi connectivity index (χ0n) is 21.3. The summed E-state index contributed by atoms with van der Waals surface area (Å²) in [6, 6.07) is 1.52. The van der Waals surface area contributed by atoms with Crippen molar-refractivity contribution in [3.63, 3.8) is 0 Å². The lowest BCUT2D eigenvalue weighted by atomic mass is 9.74. The van der Waals surface area contributed by atoms with Crippen molar-refractivity contribution < 1.29 is 27.5 Å². The lowest BCUT2D eigenvalue weighted by Crippen LogP contribution is -2.59. The number of fused-ring (bicyclic) bond motifs is 1. The number of carbonyl (C=O) groups is 1. The molecule has 1 aromatic carbocycles. The molecule has 2 saturated heterocycles. The Bertz CT molecular complexity index is 1300. The number of alkyl halides is 3. The molecule has 1 N–H and O–H groups in total. The first-order chi connectivity index (χ1) is 17.2. The van der Waals surface area contributed by atoms with Gasteiger partial charge in [0.15, 0.2) is 0 Å². The second-order valence-electron chi connectivity index (χ2n) is 11.6. The van der Waals surface area contributed by atoms with Crippen LogP contribution in [0.15, 0.2) is 24.8 Å². The fourth-order valence-electron chi connectivity index (χ4n) is 6.27. The van der Waals surface area contributed by atoms with Crippen LogP contribution >= 0.6 is 0 Å². The lowest BCUT2D eigenvalue weighted by molar-refractivity contribution is -0.140. The molecule has 0 bridgehead atoms. The van der Waals surface area contributed by atoms with Gasteiger partial charge >= 0.3 is 6.18 Å². The smallest absolute Gasteiger partial charge is 0.419 e. The first kappa shape index (κ1) is 25.5. The number of phenolic OH excluding ortho intramolecular Hbond substituents is 1. The van der Waals surface area contributed by atoms with E-state index in [4.69, 9.17) is 4.98 Å². The van der Waals surface area contributed by atoms with Gasteiger partial charge in [0.05, 0.1) is 5.56 Å². The Hall–Kier alpha value is -3.10. The van der Waals surface area contributed by atoms with Gasteiger partial charge in [0.2, 0.25) is 5.91 Å². The number of amides is 1. The summed E-state index contributed by atoms with van der Waals surface area (Å²) < 4.78 is 56.4. The molecule has 1 amide bonds. The summed E-state index contributed by atoms with van der Waals surface area (Å²) in [6.45, 7) is 12.1. The molecule has 3 aliphatic rings. The van der Waals surface area contributed by atoms with E-state index in [1.807, 2.05) is 0 Å². The number of phenols is 1. The third-order valence-electron chi connectivity index (χ3n) is 8.21. The summed E-state index contributed by atoms with van der Waals surface area (Å²) in [5, 5.41) is 10.2. The molecule has 2 aliphatic heterocycles. The summed E-state index contributed by atoms with van der Waals surface area (Å²) in [5.41, 5.74) is 0.668. The van der Waals surface area contributed by atoms with Crippen molar-refractivity contribution in [1.82, 2.24) is 9.88 Å². The molecule has 0 unspecified atom stereocenters. The van der Waals surface area contributed by atoms with Crippen LogP contribution in [0.3, 0.4) is 0 Å². The molecule has 5 nitrogen and oxygen atoms in total. The average Bonchev–Trinajstić information content (AvgIpc) is 3.23. The number of hydrogen-bond donors (Lipinski definition) is 1. The minimum atomic E-state index is -4.94. The van der Waals surface area contributed by atoms with Crippen LogP contribution in [-0.2, 0) is 23.8 Å². The number of halogens is 4. The van der Waals surface area contributed by atoms with Crippen LogP contribution in [0, 0.1) is 23.6 Å². The van der Waals surface area contributed by atoms with Gasteiger partial charge < -0.3 is 14.9 Å². The molecule has 0 atom stereocenters. The Labute approximate surface area is 213 Å². The topological polar surface area (TPSA) is 56.7 Å². The fourth-order valence-corrected chi connectivity index (χ4v) is 6.27. The molecule has 5 rings (SSSR count). The highest BCUT2D eigenvalue weighted by atomic mass is 19.4. The van der Waals surface area contributed by atoms with E-state index < -0.39 is 23.3 Å². The van der Waals surface area contributed by atoms with Gasteiger partial charge in [-0.05, 0) is 72.9 Å². The summed E-state index contributed by atoms with van der Waals surface area (Å²) >= 11 is 0. The monoisotopic (exact) mass is 517 g/mol. The maximum absolute atomic E-state index is 15.5. The highest BCUT2D eigenvalue weighted by Gasteiger charge is 2.49. The first-order valence-corrected chi connectivity index (χ1v) is 12.5. The minimum absolute atomic E-state index is 0.0515. The molecular formula is C28H31F4N3O2. The molecule has 198 valence electrons. The molecule has 9 heteroatoms. The third kappa shape index (κ3) is 4.36. The number of likely N-dealkylation sites (tertiary alicyclic amines) is 1. The number of rotatable bonds is 3. The Morgan fingerprint density at radius 2 is 1.89 bits per heavy atom. The number of pyridine rings is 1. The fraction of sp³-hybridized carbons (Fsp3) is 0.500. The summed E-state index contributed by atoms with van der Waals surface area (Å²) in [7, 11) is 0. The highest BCUT2D eigenvalue weighted by molar-refractivity contribution is 5.88. The largest absolute Gasteiger partial charge is 0.508 e. The summed E-state index contributed by atoms with van der Waals surface area (Å²) in [6.07, 6.45) is -0.808. The molecule has 0 saturated carbocycles. The number of benzene rings is 1. The van der Waals surface area contributed by atoms with Crippen LogP contribution < -0.4 is 4.90 Å². The van der Waals surface area contributed by atoms with Crippen molar-refractivity contribution in [2.45, 2.75) is 52.6 Å². The molecular weight excluding hydrogens is 486 g/mol. The Balaban J connectivity index is 1.62. The van der Waals surface area contributed by atoms with Crippen molar-refractivity contribution in [3.8, 4) is 16.9 Å². The number of hydrogen-bond acceptors (Lipinski definition) is 4. The second kappa shape index (κ2) is 8.46. The van der Waals surface area contributed by atoms with Crippen LogP contribution in [0.2, 0.25) is 0 Å². The van der Waals surface area contributed by atoms with Crippen molar-refractivity contribution in [2.24, 2.45) is 10.8 Å². The zero-order valence-corrected chi connectivity index (χ0v) is 21.3. The van der Waals surface area contributed by atoms with Crippen molar-refractivity contribution in [2.75, 3.05) is 31.1 Å². The van der Waals surface area contributed by atoms with Gasteiger partial charge in [0, 0.05) is 42.9 Å². The van der Waals surface area contributed by atoms with Crippen molar-refractivity contribution >= 4 is 11.7 Å².